The molecule has 8 heteroatoms. The van der Waals surface area contributed by atoms with Gasteiger partial charge in [0.2, 0.25) is 10.8 Å². The van der Waals surface area contributed by atoms with E-state index in [2.05, 4.69) is 26.8 Å². The molecule has 0 bridgehead atoms. The SMILES string of the molecule is CCN1CCN([C@@H](c2ccc(Cl)cc2)c2sc3nc(C)nn3c2O)CC1. The lowest BCUT2D eigenvalue weighted by Gasteiger charge is -2.38. The molecule has 0 amide bonds. The number of hydrogen-bond donors (Lipinski definition) is 1. The molecule has 2 aromatic heterocycles. The largest absolute Gasteiger partial charge is 0.492 e. The second-order valence-corrected chi connectivity index (χ2v) is 8.01. The van der Waals surface area contributed by atoms with E-state index in [1.54, 1.807) is 4.52 Å². The first-order valence-electron chi connectivity index (χ1n) is 8.83. The topological polar surface area (TPSA) is 56.9 Å². The molecule has 0 spiro atoms. The van der Waals surface area contributed by atoms with Gasteiger partial charge in [-0.2, -0.15) is 4.52 Å². The molecule has 6 nitrogen and oxygen atoms in total. The van der Waals surface area contributed by atoms with Crippen molar-refractivity contribution >= 4 is 27.9 Å². The lowest BCUT2D eigenvalue weighted by Crippen LogP contribution is -2.47. The number of benzene rings is 1. The summed E-state index contributed by atoms with van der Waals surface area (Å²) in [6.07, 6.45) is 0. The minimum atomic E-state index is -0.0277. The van der Waals surface area contributed by atoms with Crippen LogP contribution in [0.1, 0.15) is 29.2 Å². The third kappa shape index (κ3) is 3.20. The molecule has 1 aliphatic rings. The first-order chi connectivity index (χ1) is 12.6. The van der Waals surface area contributed by atoms with Gasteiger partial charge in [-0.15, -0.1) is 5.10 Å². The van der Waals surface area contributed by atoms with Gasteiger partial charge in [0.1, 0.15) is 5.82 Å². The average molecular weight is 392 g/mol. The van der Waals surface area contributed by atoms with Gasteiger partial charge in [-0.25, -0.2) is 4.98 Å². The molecule has 26 heavy (non-hydrogen) atoms. The van der Waals surface area contributed by atoms with Crippen molar-refractivity contribution in [1.29, 1.82) is 0 Å². The van der Waals surface area contributed by atoms with E-state index >= 15 is 0 Å². The minimum absolute atomic E-state index is 0.0277. The third-order valence-electron chi connectivity index (χ3n) is 4.96. The molecule has 1 atom stereocenters. The first kappa shape index (κ1) is 17.7. The summed E-state index contributed by atoms with van der Waals surface area (Å²) in [6.45, 7) is 9.06. The Balaban J connectivity index is 1.75. The highest BCUT2D eigenvalue weighted by Crippen LogP contribution is 2.40. The number of likely N-dealkylation sites (N-methyl/N-ethyl adjacent to an activating group) is 1. The highest BCUT2D eigenvalue weighted by atomic mass is 35.5. The van der Waals surface area contributed by atoms with Crippen molar-refractivity contribution in [3.8, 4) is 5.88 Å². The predicted molar refractivity (Wildman–Crippen MR) is 104 cm³/mol. The Hall–Kier alpha value is -1.67. The molecule has 1 aliphatic heterocycles. The van der Waals surface area contributed by atoms with Crippen LogP contribution in [0.4, 0.5) is 0 Å². The molecule has 1 saturated heterocycles. The van der Waals surface area contributed by atoms with Gasteiger partial charge in [-0.1, -0.05) is 42.0 Å². The summed E-state index contributed by atoms with van der Waals surface area (Å²) >= 11 is 7.59. The fourth-order valence-corrected chi connectivity index (χ4v) is 4.83. The normalized spacial score (nSPS) is 17.8. The van der Waals surface area contributed by atoms with Gasteiger partial charge in [0.25, 0.3) is 0 Å². The Bertz CT molecular complexity index is 898. The van der Waals surface area contributed by atoms with Crippen molar-refractivity contribution in [3.05, 3.63) is 45.6 Å². The van der Waals surface area contributed by atoms with Gasteiger partial charge in [0, 0.05) is 31.2 Å². The van der Waals surface area contributed by atoms with Crippen LogP contribution in [0.5, 0.6) is 5.88 Å². The lowest BCUT2D eigenvalue weighted by atomic mass is 10.0. The van der Waals surface area contributed by atoms with Gasteiger partial charge >= 0.3 is 0 Å². The Morgan fingerprint density at radius 3 is 2.50 bits per heavy atom. The van der Waals surface area contributed by atoms with Gasteiger partial charge in [0.05, 0.1) is 10.9 Å². The van der Waals surface area contributed by atoms with E-state index in [9.17, 15) is 5.11 Å². The smallest absolute Gasteiger partial charge is 0.230 e. The number of halogens is 1. The van der Waals surface area contributed by atoms with Crippen LogP contribution in [0.15, 0.2) is 24.3 Å². The van der Waals surface area contributed by atoms with Crippen LogP contribution in [0.3, 0.4) is 0 Å². The molecule has 138 valence electrons. The zero-order chi connectivity index (χ0) is 18.3. The van der Waals surface area contributed by atoms with Crippen molar-refractivity contribution < 1.29 is 5.11 Å². The highest BCUT2D eigenvalue weighted by molar-refractivity contribution is 7.17. The van der Waals surface area contributed by atoms with Crippen LogP contribution in [-0.4, -0.2) is 62.2 Å². The summed E-state index contributed by atoms with van der Waals surface area (Å²) in [7, 11) is 0. The molecule has 1 N–H and O–H groups in total. The second-order valence-electron chi connectivity index (χ2n) is 6.57. The van der Waals surface area contributed by atoms with Gasteiger partial charge in [0.15, 0.2) is 0 Å². The number of aromatic nitrogens is 3. The van der Waals surface area contributed by atoms with Crippen LogP contribution in [0, 0.1) is 6.92 Å². The predicted octanol–water partition coefficient (Wildman–Crippen LogP) is 3.19. The highest BCUT2D eigenvalue weighted by Gasteiger charge is 2.31. The molecule has 4 rings (SSSR count). The Morgan fingerprint density at radius 1 is 1.19 bits per heavy atom. The van der Waals surface area contributed by atoms with E-state index < -0.39 is 0 Å². The molecule has 1 fully saturated rings. The molecule has 0 aliphatic carbocycles. The third-order valence-corrected chi connectivity index (χ3v) is 6.28. The van der Waals surface area contributed by atoms with Crippen molar-refractivity contribution in [3.63, 3.8) is 0 Å². The number of hydrogen-bond acceptors (Lipinski definition) is 6. The summed E-state index contributed by atoms with van der Waals surface area (Å²) in [6, 6.07) is 7.87. The van der Waals surface area contributed by atoms with Crippen LogP contribution in [0.2, 0.25) is 5.02 Å². The number of thiazole rings is 1. The molecule has 0 saturated carbocycles. The number of aryl methyl sites for hydroxylation is 1. The van der Waals surface area contributed by atoms with Crippen LogP contribution < -0.4 is 0 Å². The quantitative estimate of drug-likeness (QED) is 0.740. The van der Waals surface area contributed by atoms with Crippen LogP contribution in [-0.2, 0) is 0 Å². The zero-order valence-electron chi connectivity index (χ0n) is 14.9. The van der Waals surface area contributed by atoms with E-state index in [1.165, 1.54) is 11.3 Å². The average Bonchev–Trinajstić information content (AvgIpc) is 3.15. The number of nitrogens with zero attached hydrogens (tertiary/aromatic N) is 5. The fourth-order valence-electron chi connectivity index (χ4n) is 3.54. The minimum Gasteiger partial charge on any atom is -0.492 e. The molecule has 1 aromatic carbocycles. The Labute approximate surface area is 161 Å². The number of piperazine rings is 1. The first-order valence-corrected chi connectivity index (χ1v) is 10.0. The number of fused-ring (bicyclic) bond motifs is 1. The van der Waals surface area contributed by atoms with Crippen LogP contribution >= 0.6 is 22.9 Å². The monoisotopic (exact) mass is 391 g/mol. The van der Waals surface area contributed by atoms with Crippen molar-refractivity contribution in [2.75, 3.05) is 32.7 Å². The molecule has 0 unspecified atom stereocenters. The Morgan fingerprint density at radius 2 is 1.88 bits per heavy atom. The van der Waals surface area contributed by atoms with Crippen molar-refractivity contribution in [1.82, 2.24) is 24.4 Å². The molecule has 3 aromatic rings. The van der Waals surface area contributed by atoms with Crippen LogP contribution in [0.25, 0.3) is 4.96 Å². The van der Waals surface area contributed by atoms with Gasteiger partial charge in [-0.05, 0) is 31.2 Å². The standard InChI is InChI=1S/C18H22ClN5OS/c1-3-22-8-10-23(11-9-22)15(13-4-6-14(19)7-5-13)16-17(25)24-18(26-16)20-12(2)21-24/h4-7,15,25H,3,8-11H2,1-2H3/t15-/m0/s1. The maximum atomic E-state index is 10.8. The summed E-state index contributed by atoms with van der Waals surface area (Å²) in [5.41, 5.74) is 1.12. The molecule has 3 heterocycles. The lowest BCUT2D eigenvalue weighted by molar-refractivity contribution is 0.113. The second kappa shape index (κ2) is 7.15. The fraction of sp³-hybridized carbons (Fsp3) is 0.444. The van der Waals surface area contributed by atoms with Gasteiger partial charge < -0.3 is 10.0 Å². The van der Waals surface area contributed by atoms with Crippen molar-refractivity contribution in [2.45, 2.75) is 19.9 Å². The molecular weight excluding hydrogens is 370 g/mol. The van der Waals surface area contributed by atoms with E-state index in [1.807, 2.05) is 31.2 Å². The number of aromatic hydroxyl groups is 1. The van der Waals surface area contributed by atoms with E-state index in [0.717, 1.165) is 48.1 Å². The maximum absolute atomic E-state index is 10.8. The summed E-state index contributed by atoms with van der Waals surface area (Å²) in [4.78, 5) is 10.9. The summed E-state index contributed by atoms with van der Waals surface area (Å²) in [5, 5.41) is 15.9. The Kier molecular flexibility index (Phi) is 4.88. The molecule has 0 radical (unpaired) electrons. The zero-order valence-corrected chi connectivity index (χ0v) is 16.5. The molecular formula is C18H22ClN5OS. The van der Waals surface area contributed by atoms with Gasteiger partial charge in [-0.3, -0.25) is 4.90 Å². The van der Waals surface area contributed by atoms with E-state index in [-0.39, 0.29) is 11.9 Å². The van der Waals surface area contributed by atoms with E-state index in [0.29, 0.717) is 10.8 Å². The number of rotatable bonds is 4. The van der Waals surface area contributed by atoms with E-state index in [4.69, 9.17) is 11.6 Å². The summed E-state index contributed by atoms with van der Waals surface area (Å²) in [5.74, 6) is 0.848. The maximum Gasteiger partial charge on any atom is 0.230 e. The van der Waals surface area contributed by atoms with Crippen molar-refractivity contribution in [2.24, 2.45) is 0 Å². The summed E-state index contributed by atoms with van der Waals surface area (Å²) < 4.78 is 1.54.